The van der Waals surface area contributed by atoms with Crippen molar-refractivity contribution in [1.82, 2.24) is 0 Å². The van der Waals surface area contributed by atoms with Crippen LogP contribution < -0.4 is 14.8 Å². The zero-order chi connectivity index (χ0) is 15.5. The lowest BCUT2D eigenvalue weighted by molar-refractivity contribution is -0.0494. The van der Waals surface area contributed by atoms with E-state index in [2.05, 4.69) is 10.1 Å². The van der Waals surface area contributed by atoms with Gasteiger partial charge in [-0.2, -0.15) is 8.78 Å². The summed E-state index contributed by atoms with van der Waals surface area (Å²) in [5.74, 6) is 0.591. The average Bonchev–Trinajstić information content (AvgIpc) is 2.39. The molecule has 2 rings (SSSR count). The quantitative estimate of drug-likeness (QED) is 0.901. The number of hydrogen-bond donors (Lipinski definition) is 1. The molecule has 1 heterocycles. The van der Waals surface area contributed by atoms with Crippen molar-refractivity contribution in [2.24, 2.45) is 0 Å². The molecule has 0 radical (unpaired) electrons. The van der Waals surface area contributed by atoms with E-state index in [9.17, 15) is 17.2 Å². The maximum Gasteiger partial charge on any atom is 0.387 e. The SMILES string of the molecule is COc1ccc(OC(F)F)c(NC2CCCS(=O)(=O)C2)c1. The van der Waals surface area contributed by atoms with Gasteiger partial charge in [0.25, 0.3) is 0 Å². The molecule has 0 saturated carbocycles. The van der Waals surface area contributed by atoms with Crippen LogP contribution in [0.2, 0.25) is 0 Å². The first-order valence-corrected chi connectivity index (χ1v) is 8.31. The van der Waals surface area contributed by atoms with Crippen LogP contribution in [0.15, 0.2) is 18.2 Å². The minimum atomic E-state index is -3.09. The highest BCUT2D eigenvalue weighted by Crippen LogP contribution is 2.32. The summed E-state index contributed by atoms with van der Waals surface area (Å²) in [6.07, 6.45) is 1.21. The summed E-state index contributed by atoms with van der Waals surface area (Å²) < 4.78 is 57.5. The fourth-order valence-corrected chi connectivity index (χ4v) is 3.94. The minimum Gasteiger partial charge on any atom is -0.497 e. The van der Waals surface area contributed by atoms with E-state index in [1.165, 1.54) is 25.3 Å². The molecule has 1 saturated heterocycles. The highest BCUT2D eigenvalue weighted by molar-refractivity contribution is 7.91. The number of nitrogens with one attached hydrogen (secondary N) is 1. The lowest BCUT2D eigenvalue weighted by Crippen LogP contribution is -2.34. The van der Waals surface area contributed by atoms with Gasteiger partial charge in [-0.1, -0.05) is 0 Å². The van der Waals surface area contributed by atoms with Crippen LogP contribution in [0.4, 0.5) is 14.5 Å². The Labute approximate surface area is 122 Å². The maximum atomic E-state index is 12.4. The van der Waals surface area contributed by atoms with Crippen LogP contribution in [0.1, 0.15) is 12.8 Å². The van der Waals surface area contributed by atoms with Crippen molar-refractivity contribution >= 4 is 15.5 Å². The number of hydrogen-bond acceptors (Lipinski definition) is 5. The topological polar surface area (TPSA) is 64.6 Å². The van der Waals surface area contributed by atoms with Gasteiger partial charge in [-0.05, 0) is 25.0 Å². The number of sulfone groups is 1. The molecule has 1 atom stereocenters. The Bertz CT molecular complexity index is 592. The molecule has 1 N–H and O–H groups in total. The van der Waals surface area contributed by atoms with E-state index in [0.717, 1.165) is 0 Å². The first kappa shape index (κ1) is 15.8. The third-order valence-electron chi connectivity index (χ3n) is 3.23. The van der Waals surface area contributed by atoms with Crippen LogP contribution in [-0.2, 0) is 9.84 Å². The van der Waals surface area contributed by atoms with Gasteiger partial charge < -0.3 is 14.8 Å². The number of alkyl halides is 2. The Kier molecular flexibility index (Phi) is 4.87. The van der Waals surface area contributed by atoms with E-state index in [0.29, 0.717) is 24.3 Å². The fraction of sp³-hybridized carbons (Fsp3) is 0.538. The third kappa shape index (κ3) is 4.45. The van der Waals surface area contributed by atoms with Crippen LogP contribution in [0.5, 0.6) is 11.5 Å². The van der Waals surface area contributed by atoms with Gasteiger partial charge in [-0.15, -0.1) is 0 Å². The summed E-state index contributed by atoms with van der Waals surface area (Å²) >= 11 is 0. The number of halogens is 2. The predicted octanol–water partition coefficient (Wildman–Crippen LogP) is 2.29. The molecule has 0 aliphatic carbocycles. The molecular weight excluding hydrogens is 304 g/mol. The van der Waals surface area contributed by atoms with E-state index in [1.54, 1.807) is 0 Å². The van der Waals surface area contributed by atoms with Crippen molar-refractivity contribution in [3.8, 4) is 11.5 Å². The molecule has 5 nitrogen and oxygen atoms in total. The molecule has 0 amide bonds. The summed E-state index contributed by atoms with van der Waals surface area (Å²) in [7, 11) is -1.63. The molecule has 1 aromatic carbocycles. The van der Waals surface area contributed by atoms with Gasteiger partial charge in [0.1, 0.15) is 11.5 Å². The Morgan fingerprint density at radius 1 is 1.38 bits per heavy atom. The first-order valence-electron chi connectivity index (χ1n) is 6.49. The summed E-state index contributed by atoms with van der Waals surface area (Å²) in [4.78, 5) is 0. The van der Waals surface area contributed by atoms with Crippen LogP contribution in [-0.4, -0.2) is 39.7 Å². The van der Waals surface area contributed by atoms with Crippen molar-refractivity contribution in [1.29, 1.82) is 0 Å². The van der Waals surface area contributed by atoms with E-state index in [4.69, 9.17) is 4.74 Å². The molecule has 0 spiro atoms. The highest BCUT2D eigenvalue weighted by atomic mass is 32.2. The van der Waals surface area contributed by atoms with Gasteiger partial charge in [0.2, 0.25) is 0 Å². The number of methoxy groups -OCH3 is 1. The summed E-state index contributed by atoms with van der Waals surface area (Å²) in [6.45, 7) is -2.95. The molecule has 21 heavy (non-hydrogen) atoms. The van der Waals surface area contributed by atoms with Crippen LogP contribution >= 0.6 is 0 Å². The molecule has 1 unspecified atom stereocenters. The van der Waals surface area contributed by atoms with Gasteiger partial charge in [0.15, 0.2) is 9.84 Å². The highest BCUT2D eigenvalue weighted by Gasteiger charge is 2.25. The molecule has 8 heteroatoms. The summed E-state index contributed by atoms with van der Waals surface area (Å²) in [5.41, 5.74) is 0.303. The predicted molar refractivity (Wildman–Crippen MR) is 74.9 cm³/mol. The Morgan fingerprint density at radius 3 is 2.76 bits per heavy atom. The van der Waals surface area contributed by atoms with Crippen molar-refractivity contribution in [3.05, 3.63) is 18.2 Å². The second-order valence-corrected chi connectivity index (χ2v) is 7.07. The Morgan fingerprint density at radius 2 is 2.14 bits per heavy atom. The van der Waals surface area contributed by atoms with Crippen LogP contribution in [0.25, 0.3) is 0 Å². The smallest absolute Gasteiger partial charge is 0.387 e. The second-order valence-electron chi connectivity index (χ2n) is 4.84. The lowest BCUT2D eigenvalue weighted by Gasteiger charge is -2.25. The summed E-state index contributed by atoms with van der Waals surface area (Å²) in [6, 6.07) is 4.06. The average molecular weight is 321 g/mol. The van der Waals surface area contributed by atoms with Gasteiger partial charge in [-0.25, -0.2) is 8.42 Å². The largest absolute Gasteiger partial charge is 0.497 e. The number of rotatable bonds is 5. The van der Waals surface area contributed by atoms with Gasteiger partial charge >= 0.3 is 6.61 Å². The van der Waals surface area contributed by atoms with Crippen molar-refractivity contribution in [2.45, 2.75) is 25.5 Å². The van der Waals surface area contributed by atoms with Gasteiger partial charge in [-0.3, -0.25) is 0 Å². The lowest BCUT2D eigenvalue weighted by atomic mass is 10.1. The van der Waals surface area contributed by atoms with E-state index in [1.807, 2.05) is 0 Å². The van der Waals surface area contributed by atoms with Crippen molar-refractivity contribution < 1.29 is 26.7 Å². The van der Waals surface area contributed by atoms with E-state index >= 15 is 0 Å². The summed E-state index contributed by atoms with van der Waals surface area (Å²) in [5, 5.41) is 2.97. The maximum absolute atomic E-state index is 12.4. The fourth-order valence-electron chi connectivity index (χ4n) is 2.30. The van der Waals surface area contributed by atoms with Crippen molar-refractivity contribution in [2.75, 3.05) is 23.9 Å². The normalized spacial score (nSPS) is 21.0. The molecule has 1 aliphatic rings. The minimum absolute atomic E-state index is 0.0155. The standard InChI is InChI=1S/C13H17F2NO4S/c1-19-10-4-5-12(20-13(14)15)11(7-10)16-9-3-2-6-21(17,18)8-9/h4-5,7,9,13,16H,2-3,6,8H2,1H3. The first-order chi connectivity index (χ1) is 9.89. The zero-order valence-electron chi connectivity index (χ0n) is 11.5. The monoisotopic (exact) mass is 321 g/mol. The molecule has 1 aromatic rings. The van der Waals surface area contributed by atoms with Gasteiger partial charge in [0.05, 0.1) is 24.3 Å². The number of benzene rings is 1. The number of ether oxygens (including phenoxy) is 2. The Balaban J connectivity index is 2.20. The molecule has 1 aliphatic heterocycles. The van der Waals surface area contributed by atoms with Crippen molar-refractivity contribution in [3.63, 3.8) is 0 Å². The molecule has 0 bridgehead atoms. The molecular formula is C13H17F2NO4S. The molecule has 118 valence electrons. The zero-order valence-corrected chi connectivity index (χ0v) is 12.3. The third-order valence-corrected chi connectivity index (χ3v) is 5.05. The van der Waals surface area contributed by atoms with E-state index < -0.39 is 16.4 Å². The molecule has 0 aromatic heterocycles. The molecule has 1 fully saturated rings. The van der Waals surface area contributed by atoms with Crippen LogP contribution in [0, 0.1) is 0 Å². The van der Waals surface area contributed by atoms with Gasteiger partial charge in [0, 0.05) is 12.1 Å². The number of anilines is 1. The Hall–Kier alpha value is -1.57. The van der Waals surface area contributed by atoms with E-state index in [-0.39, 0.29) is 23.3 Å². The second kappa shape index (κ2) is 6.46. The van der Waals surface area contributed by atoms with Crippen LogP contribution in [0.3, 0.4) is 0 Å².